The molecule has 0 spiro atoms. The molecule has 0 N–H and O–H groups in total. The van der Waals surface area contributed by atoms with E-state index in [-0.39, 0.29) is 37.7 Å². The second kappa shape index (κ2) is 8.98. The summed E-state index contributed by atoms with van der Waals surface area (Å²) in [5.41, 5.74) is 0. The summed E-state index contributed by atoms with van der Waals surface area (Å²) in [6.45, 7) is 4.36. The molecule has 0 nitrogen and oxygen atoms in total. The fourth-order valence-corrected chi connectivity index (χ4v) is 0. The second-order valence-electron chi connectivity index (χ2n) is 1.000. The third kappa shape index (κ3) is 10.9. The van der Waals surface area contributed by atoms with Gasteiger partial charge in [-0.2, -0.15) is 0 Å². The van der Waals surface area contributed by atoms with Crippen molar-refractivity contribution >= 4 is 37.7 Å². The van der Waals surface area contributed by atoms with Crippen molar-refractivity contribution in [1.82, 2.24) is 0 Å². The maximum Gasteiger partial charge on any atom is 2.00 e. The van der Waals surface area contributed by atoms with Crippen LogP contribution in [0.15, 0.2) is 0 Å². The van der Waals surface area contributed by atoms with E-state index in [0.717, 1.165) is 0 Å². The minimum Gasteiger partial charge on any atom is -0.0654 e. The average Bonchev–Trinajstić information content (AvgIpc) is 1.37. The van der Waals surface area contributed by atoms with Crippen LogP contribution in [-0.2, 0) is 0 Å². The number of hydrogen-bond donors (Lipinski definition) is 0. The van der Waals surface area contributed by atoms with Crippen LogP contribution in [0.5, 0.6) is 0 Å². The fourth-order valence-electron chi connectivity index (χ4n) is 0. The zero-order chi connectivity index (χ0) is 3.41. The van der Waals surface area contributed by atoms with E-state index in [1.165, 1.54) is 12.8 Å². The molecule has 0 atom stereocenters. The predicted octanol–water partition coefficient (Wildman–Crippen LogP) is 1.43. The van der Waals surface area contributed by atoms with Crippen LogP contribution < -0.4 is 0 Å². The van der Waals surface area contributed by atoms with Gasteiger partial charge in [-0.15, -0.1) is 0 Å². The molecule has 0 heterocycles. The molecule has 0 saturated carbocycles. The van der Waals surface area contributed by atoms with Gasteiger partial charge >= 0.3 is 37.7 Å². The molecule has 0 fully saturated rings. The molecule has 0 aromatic carbocycles. The van der Waals surface area contributed by atoms with Crippen LogP contribution in [0.25, 0.3) is 0 Å². The molecule has 0 aliphatic carbocycles. The minimum atomic E-state index is 0. The Kier molecular flexibility index (Phi) is 17.1. The van der Waals surface area contributed by atoms with Gasteiger partial charge in [-0.1, -0.05) is 26.7 Å². The summed E-state index contributed by atoms with van der Waals surface area (Å²) in [6, 6.07) is 0. The van der Waals surface area contributed by atoms with Gasteiger partial charge in [-0.3, -0.25) is 0 Å². The van der Waals surface area contributed by atoms with E-state index < -0.39 is 0 Å². The van der Waals surface area contributed by atoms with Crippen molar-refractivity contribution in [1.29, 1.82) is 0 Å². The molecule has 0 amide bonds. The van der Waals surface area contributed by atoms with Gasteiger partial charge < -0.3 is 0 Å². The van der Waals surface area contributed by atoms with Crippen molar-refractivity contribution in [3.8, 4) is 0 Å². The Labute approximate surface area is 63.9 Å². The average molecular weight is 98.2 g/mol. The molecule has 0 saturated heterocycles. The quantitative estimate of drug-likeness (QED) is 0.435. The van der Waals surface area contributed by atoms with Crippen LogP contribution >= 0.6 is 0 Å². The Hall–Kier alpha value is 1.26. The normalized spacial score (nSPS) is 6.00. The van der Waals surface area contributed by atoms with E-state index >= 15 is 0 Å². The first-order valence-electron chi connectivity index (χ1n) is 1.91. The predicted molar refractivity (Wildman–Crippen MR) is 26.3 cm³/mol. The van der Waals surface area contributed by atoms with E-state index in [4.69, 9.17) is 0 Å². The summed E-state index contributed by atoms with van der Waals surface area (Å²) >= 11 is 0. The van der Waals surface area contributed by atoms with E-state index in [2.05, 4.69) is 13.8 Å². The Morgan fingerprint density at radius 1 is 1.00 bits per heavy atom. The molecule has 0 aromatic rings. The molecule has 0 aliphatic heterocycles. The SMILES string of the molecule is CCCC.[Ca+2]. The first-order chi connectivity index (χ1) is 1.91. The number of rotatable bonds is 1. The van der Waals surface area contributed by atoms with Gasteiger partial charge in [-0.25, -0.2) is 0 Å². The molecule has 1 heteroatoms. The standard InChI is InChI=1S/C4H10.Ca/c1-3-4-2;/h3-4H2,1-2H3;/q;+2. The smallest absolute Gasteiger partial charge is 0.0654 e. The summed E-state index contributed by atoms with van der Waals surface area (Å²) in [7, 11) is 0. The molecule has 0 rings (SSSR count). The van der Waals surface area contributed by atoms with Crippen LogP contribution in [0.3, 0.4) is 0 Å². The maximum atomic E-state index is 2.18. The van der Waals surface area contributed by atoms with Crippen molar-refractivity contribution in [3.05, 3.63) is 0 Å². The zero-order valence-corrected chi connectivity index (χ0v) is 6.33. The first kappa shape index (κ1) is 9.54. The van der Waals surface area contributed by atoms with E-state index in [0.29, 0.717) is 0 Å². The van der Waals surface area contributed by atoms with Crippen LogP contribution in [0.4, 0.5) is 0 Å². The van der Waals surface area contributed by atoms with Gasteiger partial charge in [0.05, 0.1) is 0 Å². The van der Waals surface area contributed by atoms with Crippen LogP contribution in [0, 0.1) is 0 Å². The van der Waals surface area contributed by atoms with Gasteiger partial charge in [0.15, 0.2) is 0 Å². The van der Waals surface area contributed by atoms with Crippen LogP contribution in [-0.4, -0.2) is 37.7 Å². The van der Waals surface area contributed by atoms with E-state index in [1.807, 2.05) is 0 Å². The maximum absolute atomic E-state index is 2.18. The minimum absolute atomic E-state index is 0. The Balaban J connectivity index is 0. The van der Waals surface area contributed by atoms with Gasteiger partial charge in [0.25, 0.3) is 0 Å². The van der Waals surface area contributed by atoms with Crippen LogP contribution in [0.1, 0.15) is 26.7 Å². The topological polar surface area (TPSA) is 0 Å². The van der Waals surface area contributed by atoms with Crippen molar-refractivity contribution in [2.24, 2.45) is 0 Å². The van der Waals surface area contributed by atoms with E-state index in [9.17, 15) is 0 Å². The van der Waals surface area contributed by atoms with Crippen molar-refractivity contribution in [2.45, 2.75) is 26.7 Å². The summed E-state index contributed by atoms with van der Waals surface area (Å²) in [6.07, 6.45) is 2.64. The summed E-state index contributed by atoms with van der Waals surface area (Å²) in [5.74, 6) is 0. The van der Waals surface area contributed by atoms with Crippen LogP contribution in [0.2, 0.25) is 0 Å². The van der Waals surface area contributed by atoms with Gasteiger partial charge in [-0.05, 0) is 0 Å². The van der Waals surface area contributed by atoms with Gasteiger partial charge in [0.2, 0.25) is 0 Å². The monoisotopic (exact) mass is 98.0 g/mol. The zero-order valence-electron chi connectivity index (χ0n) is 4.12. The van der Waals surface area contributed by atoms with E-state index in [1.54, 1.807) is 0 Å². The van der Waals surface area contributed by atoms with Gasteiger partial charge in [0, 0.05) is 0 Å². The summed E-state index contributed by atoms with van der Waals surface area (Å²) in [4.78, 5) is 0. The summed E-state index contributed by atoms with van der Waals surface area (Å²) in [5, 5.41) is 0. The Morgan fingerprint density at radius 3 is 1.20 bits per heavy atom. The van der Waals surface area contributed by atoms with Crippen molar-refractivity contribution in [3.63, 3.8) is 0 Å². The van der Waals surface area contributed by atoms with Crippen molar-refractivity contribution in [2.75, 3.05) is 0 Å². The molecule has 5 heavy (non-hydrogen) atoms. The number of hydrogen-bond acceptors (Lipinski definition) is 0. The molecule has 0 bridgehead atoms. The third-order valence-corrected chi connectivity index (χ3v) is 0.500. The largest absolute Gasteiger partial charge is 2.00 e. The molecule has 0 aliphatic rings. The molecule has 26 valence electrons. The second-order valence-corrected chi connectivity index (χ2v) is 1.000. The molecule has 0 radical (unpaired) electrons. The molecule has 0 aromatic heterocycles. The Morgan fingerprint density at radius 2 is 1.20 bits per heavy atom. The third-order valence-electron chi connectivity index (χ3n) is 0.500. The molecular weight excluding hydrogens is 88.1 g/mol. The van der Waals surface area contributed by atoms with Gasteiger partial charge in [0.1, 0.15) is 0 Å². The Bertz CT molecular complexity index is 5.61. The molecular formula is C4H10Ca+2. The van der Waals surface area contributed by atoms with Crippen molar-refractivity contribution < 1.29 is 0 Å². The first-order valence-corrected chi connectivity index (χ1v) is 1.91. The fraction of sp³-hybridized carbons (Fsp3) is 1.00. The number of unbranched alkanes of at least 4 members (excludes halogenated alkanes) is 1. The molecule has 0 unspecified atom stereocenters. The summed E-state index contributed by atoms with van der Waals surface area (Å²) < 4.78 is 0.